The Morgan fingerprint density at radius 1 is 1.12 bits per heavy atom. The molecule has 1 aromatic heterocycles. The van der Waals surface area contributed by atoms with Crippen LogP contribution >= 0.6 is 11.6 Å². The van der Waals surface area contributed by atoms with Crippen molar-refractivity contribution in [1.29, 1.82) is 0 Å². The zero-order valence-corrected chi connectivity index (χ0v) is 19.2. The van der Waals surface area contributed by atoms with Gasteiger partial charge in [0.15, 0.2) is 17.3 Å². The summed E-state index contributed by atoms with van der Waals surface area (Å²) in [6, 6.07) is 5.93. The highest BCUT2D eigenvalue weighted by atomic mass is 35.5. The van der Waals surface area contributed by atoms with Gasteiger partial charge in [0.1, 0.15) is 23.0 Å². The quantitative estimate of drug-likeness (QED) is 0.490. The molecule has 0 radical (unpaired) electrons. The maximum absolute atomic E-state index is 14.4. The lowest BCUT2D eigenvalue weighted by Crippen LogP contribution is -2.18. The van der Waals surface area contributed by atoms with E-state index in [2.05, 4.69) is 27.2 Å². The molecular formula is C24H25ClF2N4O2. The predicted octanol–water partition coefficient (Wildman–Crippen LogP) is 5.28. The van der Waals surface area contributed by atoms with Crippen molar-refractivity contribution in [3.8, 4) is 11.5 Å². The number of hydrogen-bond donors (Lipinski definition) is 1. The molecule has 1 saturated heterocycles. The van der Waals surface area contributed by atoms with Crippen molar-refractivity contribution in [2.24, 2.45) is 17.8 Å². The van der Waals surface area contributed by atoms with E-state index in [0.29, 0.717) is 40.7 Å². The molecule has 2 aromatic carbocycles. The molecule has 1 saturated carbocycles. The Labute approximate surface area is 195 Å². The zero-order chi connectivity index (χ0) is 23.1. The van der Waals surface area contributed by atoms with Crippen LogP contribution in [0.15, 0.2) is 30.6 Å². The lowest BCUT2D eigenvalue weighted by Gasteiger charge is -2.17. The van der Waals surface area contributed by atoms with Crippen LogP contribution in [0.4, 0.5) is 20.3 Å². The molecule has 6 nitrogen and oxygen atoms in total. The lowest BCUT2D eigenvalue weighted by molar-refractivity contribution is 0.227. The highest BCUT2D eigenvalue weighted by Crippen LogP contribution is 2.42. The first kappa shape index (κ1) is 22.1. The predicted molar refractivity (Wildman–Crippen MR) is 123 cm³/mol. The number of anilines is 2. The standard InChI is InChI=1S/C24H25ClF2N4O2/c1-31-9-14-5-13(6-15(14)10-31)11-33-21-8-19-16(7-20(21)32-2)24(29-12-28-19)30-18-4-3-17(26)22(25)23(18)27/h3-4,7-8,12-15H,5-6,9-11H2,1-2H3,(H,28,29,30)/t13-,14-,15+. The number of nitrogens with one attached hydrogen (secondary N) is 1. The number of halogens is 3. The lowest BCUT2D eigenvalue weighted by atomic mass is 10.0. The molecule has 2 heterocycles. The summed E-state index contributed by atoms with van der Waals surface area (Å²) in [6.45, 7) is 2.98. The summed E-state index contributed by atoms with van der Waals surface area (Å²) in [4.78, 5) is 11.0. The molecule has 33 heavy (non-hydrogen) atoms. The fourth-order valence-electron chi connectivity index (χ4n) is 5.19. The van der Waals surface area contributed by atoms with E-state index in [1.54, 1.807) is 19.2 Å². The summed E-state index contributed by atoms with van der Waals surface area (Å²) < 4.78 is 39.6. The van der Waals surface area contributed by atoms with Gasteiger partial charge < -0.3 is 19.7 Å². The number of hydrogen-bond acceptors (Lipinski definition) is 6. The van der Waals surface area contributed by atoms with Gasteiger partial charge in [-0.25, -0.2) is 18.7 Å². The highest BCUT2D eigenvalue weighted by molar-refractivity contribution is 6.31. The molecule has 3 aromatic rings. The summed E-state index contributed by atoms with van der Waals surface area (Å²) in [5.74, 6) is 1.85. The highest BCUT2D eigenvalue weighted by Gasteiger charge is 2.39. The SMILES string of the molecule is COc1cc2c(Nc3ccc(F)c(Cl)c3F)ncnc2cc1OC[C@@H]1C[C@@H]2CN(C)C[C@@H]2C1. The molecule has 2 aliphatic rings. The zero-order valence-electron chi connectivity index (χ0n) is 18.4. The third kappa shape index (κ3) is 4.29. The van der Waals surface area contributed by atoms with Crippen LogP contribution in [0.2, 0.25) is 5.02 Å². The molecule has 3 atom stereocenters. The van der Waals surface area contributed by atoms with Gasteiger partial charge in [-0.3, -0.25) is 0 Å². The molecule has 1 N–H and O–H groups in total. The Morgan fingerprint density at radius 3 is 2.61 bits per heavy atom. The number of ether oxygens (including phenoxy) is 2. The van der Waals surface area contributed by atoms with Crippen LogP contribution in [0.3, 0.4) is 0 Å². The van der Waals surface area contributed by atoms with Gasteiger partial charge in [0.25, 0.3) is 0 Å². The first-order valence-electron chi connectivity index (χ1n) is 11.0. The summed E-state index contributed by atoms with van der Waals surface area (Å²) in [7, 11) is 3.76. The second-order valence-corrected chi connectivity index (χ2v) is 9.36. The second kappa shape index (κ2) is 8.91. The van der Waals surface area contributed by atoms with E-state index in [4.69, 9.17) is 21.1 Å². The van der Waals surface area contributed by atoms with Crippen molar-refractivity contribution >= 4 is 34.0 Å². The van der Waals surface area contributed by atoms with Gasteiger partial charge in [-0.15, -0.1) is 0 Å². The Kier molecular flexibility index (Phi) is 5.97. The van der Waals surface area contributed by atoms with Crippen LogP contribution in [0.5, 0.6) is 11.5 Å². The monoisotopic (exact) mass is 474 g/mol. The second-order valence-electron chi connectivity index (χ2n) is 8.98. The van der Waals surface area contributed by atoms with Crippen LogP contribution in [-0.4, -0.2) is 48.7 Å². The van der Waals surface area contributed by atoms with Crippen LogP contribution in [-0.2, 0) is 0 Å². The molecule has 174 valence electrons. The Balaban J connectivity index is 1.37. The normalized spacial score (nSPS) is 22.5. The fourth-order valence-corrected chi connectivity index (χ4v) is 5.35. The van der Waals surface area contributed by atoms with Crippen molar-refractivity contribution in [3.63, 3.8) is 0 Å². The van der Waals surface area contributed by atoms with Crippen molar-refractivity contribution in [2.75, 3.05) is 39.2 Å². The van der Waals surface area contributed by atoms with E-state index in [1.807, 2.05) is 0 Å². The number of benzene rings is 2. The van der Waals surface area contributed by atoms with Crippen LogP contribution in [0.25, 0.3) is 10.9 Å². The Hall–Kier alpha value is -2.71. The van der Waals surface area contributed by atoms with E-state index >= 15 is 0 Å². The molecule has 1 aliphatic heterocycles. The smallest absolute Gasteiger partial charge is 0.168 e. The van der Waals surface area contributed by atoms with Crippen LogP contribution in [0, 0.1) is 29.4 Å². The minimum Gasteiger partial charge on any atom is -0.493 e. The van der Waals surface area contributed by atoms with Crippen molar-refractivity contribution in [1.82, 2.24) is 14.9 Å². The minimum atomic E-state index is -0.886. The van der Waals surface area contributed by atoms with E-state index in [1.165, 1.54) is 38.3 Å². The Bertz CT molecular complexity index is 1180. The van der Waals surface area contributed by atoms with Crippen molar-refractivity contribution in [2.45, 2.75) is 12.8 Å². The third-order valence-electron chi connectivity index (χ3n) is 6.71. The third-order valence-corrected chi connectivity index (χ3v) is 7.06. The average Bonchev–Trinajstić information content (AvgIpc) is 3.34. The Morgan fingerprint density at radius 2 is 1.88 bits per heavy atom. The molecule has 9 heteroatoms. The molecular weight excluding hydrogens is 450 g/mol. The van der Waals surface area contributed by atoms with Gasteiger partial charge in [-0.1, -0.05) is 11.6 Å². The summed E-state index contributed by atoms with van der Waals surface area (Å²) in [5.41, 5.74) is 0.625. The van der Waals surface area contributed by atoms with Gasteiger partial charge in [-0.05, 0) is 55.8 Å². The first-order chi connectivity index (χ1) is 15.9. The van der Waals surface area contributed by atoms with Crippen LogP contribution in [0.1, 0.15) is 12.8 Å². The van der Waals surface area contributed by atoms with E-state index in [9.17, 15) is 8.78 Å². The van der Waals surface area contributed by atoms with Gasteiger partial charge >= 0.3 is 0 Å². The maximum atomic E-state index is 14.4. The molecule has 1 aliphatic carbocycles. The minimum absolute atomic E-state index is 0.0121. The fraction of sp³-hybridized carbons (Fsp3) is 0.417. The first-order valence-corrected chi connectivity index (χ1v) is 11.3. The molecule has 5 rings (SSSR count). The molecule has 0 bridgehead atoms. The van der Waals surface area contributed by atoms with Gasteiger partial charge in [-0.2, -0.15) is 0 Å². The summed E-state index contributed by atoms with van der Waals surface area (Å²) >= 11 is 5.70. The van der Waals surface area contributed by atoms with Crippen molar-refractivity contribution < 1.29 is 18.3 Å². The topological polar surface area (TPSA) is 59.5 Å². The molecule has 0 spiro atoms. The molecule has 0 amide bonds. The van der Waals surface area contributed by atoms with Crippen LogP contribution < -0.4 is 14.8 Å². The summed E-state index contributed by atoms with van der Waals surface area (Å²) in [6.07, 6.45) is 3.75. The number of aromatic nitrogens is 2. The molecule has 2 fully saturated rings. The van der Waals surface area contributed by atoms with Crippen molar-refractivity contribution in [3.05, 3.63) is 47.2 Å². The number of methoxy groups -OCH3 is 1. The number of likely N-dealkylation sites (tertiary alicyclic amines) is 1. The largest absolute Gasteiger partial charge is 0.493 e. The van der Waals surface area contributed by atoms with Gasteiger partial charge in [0.05, 0.1) is 24.9 Å². The maximum Gasteiger partial charge on any atom is 0.168 e. The van der Waals surface area contributed by atoms with E-state index < -0.39 is 16.7 Å². The van der Waals surface area contributed by atoms with E-state index in [-0.39, 0.29) is 5.69 Å². The van der Waals surface area contributed by atoms with Gasteiger partial charge in [0.2, 0.25) is 0 Å². The number of nitrogens with zero attached hydrogens (tertiary/aromatic N) is 3. The number of fused-ring (bicyclic) bond motifs is 2. The molecule has 0 unspecified atom stereocenters. The average molecular weight is 475 g/mol. The number of rotatable bonds is 6. The van der Waals surface area contributed by atoms with Gasteiger partial charge in [0, 0.05) is 24.5 Å². The summed E-state index contributed by atoms with van der Waals surface area (Å²) in [5, 5.41) is 2.92. The van der Waals surface area contributed by atoms with E-state index in [0.717, 1.165) is 17.9 Å².